The summed E-state index contributed by atoms with van der Waals surface area (Å²) in [6, 6.07) is 5.03. The van der Waals surface area contributed by atoms with Crippen molar-refractivity contribution in [2.75, 3.05) is 26.7 Å². The van der Waals surface area contributed by atoms with Crippen LogP contribution in [0.2, 0.25) is 0 Å². The van der Waals surface area contributed by atoms with E-state index in [4.69, 9.17) is 0 Å². The Morgan fingerprint density at radius 1 is 1.45 bits per heavy atom. The molecule has 1 atom stereocenters. The molecule has 2 amide bonds. The molecule has 2 N–H and O–H groups in total. The topological polar surface area (TPSA) is 61.4 Å². The number of aryl methyl sites for hydroxylation is 1. The van der Waals surface area contributed by atoms with Crippen molar-refractivity contribution in [2.45, 2.75) is 13.0 Å². The van der Waals surface area contributed by atoms with Gasteiger partial charge in [-0.05, 0) is 30.7 Å². The molecule has 1 heterocycles. The number of likely N-dealkylation sites (N-methyl/N-ethyl adjacent to an activating group) is 1. The van der Waals surface area contributed by atoms with Gasteiger partial charge >= 0.3 is 0 Å². The lowest BCUT2D eigenvalue weighted by atomic mass is 10.1. The molecule has 0 spiro atoms. The normalized spacial score (nSPS) is 18.8. The van der Waals surface area contributed by atoms with Gasteiger partial charge in [0.2, 0.25) is 5.91 Å². The molecule has 0 aromatic heterocycles. The van der Waals surface area contributed by atoms with Gasteiger partial charge in [-0.25, -0.2) is 0 Å². The molecule has 0 radical (unpaired) electrons. The van der Waals surface area contributed by atoms with Crippen molar-refractivity contribution in [3.63, 3.8) is 0 Å². The Balaban J connectivity index is 2.25. The molecule has 0 aliphatic carbocycles. The van der Waals surface area contributed by atoms with Crippen LogP contribution >= 0.6 is 15.9 Å². The summed E-state index contributed by atoms with van der Waals surface area (Å²) < 4.78 is 0.970. The summed E-state index contributed by atoms with van der Waals surface area (Å²) in [6.45, 7) is 3.66. The summed E-state index contributed by atoms with van der Waals surface area (Å²) in [5, 5.41) is 5.76. The van der Waals surface area contributed by atoms with Crippen LogP contribution in [0.4, 0.5) is 0 Å². The van der Waals surface area contributed by atoms with Crippen molar-refractivity contribution in [2.24, 2.45) is 0 Å². The highest BCUT2D eigenvalue weighted by molar-refractivity contribution is 9.10. The van der Waals surface area contributed by atoms with Gasteiger partial charge in [-0.1, -0.05) is 15.9 Å². The number of nitrogens with one attached hydrogen (secondary N) is 2. The van der Waals surface area contributed by atoms with E-state index in [-0.39, 0.29) is 11.8 Å². The number of carbonyl (C=O) groups excluding carboxylic acids is 2. The third-order valence-electron chi connectivity index (χ3n) is 3.46. The first-order chi connectivity index (χ1) is 9.54. The van der Waals surface area contributed by atoms with E-state index in [0.717, 1.165) is 10.0 Å². The average molecular weight is 340 g/mol. The first kappa shape index (κ1) is 15.0. The molecule has 1 aliphatic rings. The van der Waals surface area contributed by atoms with E-state index in [1.165, 1.54) is 0 Å². The van der Waals surface area contributed by atoms with Crippen LogP contribution in [0.25, 0.3) is 0 Å². The zero-order valence-corrected chi connectivity index (χ0v) is 13.2. The Hall–Kier alpha value is -1.40. The number of piperazine rings is 1. The quantitative estimate of drug-likeness (QED) is 0.842. The molecule has 1 fully saturated rings. The molecule has 1 aromatic carbocycles. The van der Waals surface area contributed by atoms with E-state index >= 15 is 0 Å². The highest BCUT2D eigenvalue weighted by Gasteiger charge is 2.32. The van der Waals surface area contributed by atoms with Gasteiger partial charge in [-0.15, -0.1) is 0 Å². The number of rotatable bonds is 2. The lowest BCUT2D eigenvalue weighted by Crippen LogP contribution is -2.59. The third-order valence-corrected chi connectivity index (χ3v) is 4.35. The van der Waals surface area contributed by atoms with Crippen molar-refractivity contribution in [1.29, 1.82) is 0 Å². The van der Waals surface area contributed by atoms with E-state index in [2.05, 4.69) is 26.6 Å². The van der Waals surface area contributed by atoms with E-state index in [0.29, 0.717) is 25.2 Å². The predicted molar refractivity (Wildman–Crippen MR) is 80.6 cm³/mol. The maximum atomic E-state index is 12.6. The lowest BCUT2D eigenvalue weighted by molar-refractivity contribution is -0.125. The first-order valence-corrected chi connectivity index (χ1v) is 7.33. The molecular formula is C14H18BrN3O2. The second kappa shape index (κ2) is 6.37. The van der Waals surface area contributed by atoms with E-state index in [1.807, 2.05) is 19.1 Å². The first-order valence-electron chi connectivity index (χ1n) is 6.54. The van der Waals surface area contributed by atoms with Gasteiger partial charge < -0.3 is 15.5 Å². The summed E-state index contributed by atoms with van der Waals surface area (Å²) >= 11 is 3.42. The molecule has 108 valence electrons. The van der Waals surface area contributed by atoms with Gasteiger partial charge in [0.15, 0.2) is 0 Å². The van der Waals surface area contributed by atoms with Crippen LogP contribution in [0.15, 0.2) is 22.7 Å². The number of carbonyl (C=O) groups is 2. The lowest BCUT2D eigenvalue weighted by Gasteiger charge is -2.35. The molecule has 6 heteroatoms. The minimum absolute atomic E-state index is 0.101. The van der Waals surface area contributed by atoms with Crippen LogP contribution in [0.1, 0.15) is 15.9 Å². The zero-order valence-electron chi connectivity index (χ0n) is 11.6. The molecule has 0 saturated carbocycles. The van der Waals surface area contributed by atoms with Crippen molar-refractivity contribution in [1.82, 2.24) is 15.5 Å². The predicted octanol–water partition coefficient (Wildman–Crippen LogP) is 0.918. The van der Waals surface area contributed by atoms with Gasteiger partial charge in [0.05, 0.1) is 0 Å². The Bertz CT molecular complexity index is 533. The van der Waals surface area contributed by atoms with Gasteiger partial charge in [-0.2, -0.15) is 0 Å². The summed E-state index contributed by atoms with van der Waals surface area (Å²) in [4.78, 5) is 26.1. The standard InChI is InChI=1S/C14H18BrN3O2/c1-9-7-10(3-4-11(9)15)14(20)18-6-5-17-8-12(18)13(19)16-2/h3-4,7,12,17H,5-6,8H2,1-2H3,(H,16,19). The molecule has 0 bridgehead atoms. The SMILES string of the molecule is CNC(=O)C1CNCCN1C(=O)c1ccc(Br)c(C)c1. The number of benzene rings is 1. The molecule has 1 aliphatic heterocycles. The van der Waals surface area contributed by atoms with Crippen LogP contribution in [0.3, 0.4) is 0 Å². The molecule has 2 rings (SSSR count). The van der Waals surface area contributed by atoms with Gasteiger partial charge in [0.1, 0.15) is 6.04 Å². The van der Waals surface area contributed by atoms with Crippen molar-refractivity contribution in [3.05, 3.63) is 33.8 Å². The number of amides is 2. The molecule has 5 nitrogen and oxygen atoms in total. The molecule has 1 saturated heterocycles. The largest absolute Gasteiger partial charge is 0.357 e. The Kier molecular flexibility index (Phi) is 4.77. The summed E-state index contributed by atoms with van der Waals surface area (Å²) in [5.74, 6) is -0.241. The summed E-state index contributed by atoms with van der Waals surface area (Å²) in [5.41, 5.74) is 1.61. The van der Waals surface area contributed by atoms with E-state index < -0.39 is 6.04 Å². The Labute approximate surface area is 126 Å². The van der Waals surface area contributed by atoms with Crippen molar-refractivity contribution in [3.8, 4) is 0 Å². The smallest absolute Gasteiger partial charge is 0.254 e. The number of halogens is 1. The fourth-order valence-electron chi connectivity index (χ4n) is 2.29. The second-order valence-electron chi connectivity index (χ2n) is 4.80. The number of nitrogens with zero attached hydrogens (tertiary/aromatic N) is 1. The molecular weight excluding hydrogens is 322 g/mol. The highest BCUT2D eigenvalue weighted by Crippen LogP contribution is 2.19. The minimum Gasteiger partial charge on any atom is -0.357 e. The van der Waals surface area contributed by atoms with Crippen LogP contribution < -0.4 is 10.6 Å². The van der Waals surface area contributed by atoms with Gasteiger partial charge in [0.25, 0.3) is 5.91 Å². The molecule has 1 aromatic rings. The number of hydrogen-bond donors (Lipinski definition) is 2. The number of hydrogen-bond acceptors (Lipinski definition) is 3. The summed E-state index contributed by atoms with van der Waals surface area (Å²) in [7, 11) is 1.59. The zero-order chi connectivity index (χ0) is 14.7. The molecule has 20 heavy (non-hydrogen) atoms. The maximum Gasteiger partial charge on any atom is 0.254 e. The fourth-order valence-corrected chi connectivity index (χ4v) is 2.54. The van der Waals surface area contributed by atoms with Gasteiger partial charge in [0, 0.05) is 36.7 Å². The van der Waals surface area contributed by atoms with Crippen molar-refractivity contribution < 1.29 is 9.59 Å². The average Bonchev–Trinajstić information content (AvgIpc) is 2.48. The maximum absolute atomic E-state index is 12.6. The van der Waals surface area contributed by atoms with Crippen LogP contribution in [-0.4, -0.2) is 49.4 Å². The second-order valence-corrected chi connectivity index (χ2v) is 5.65. The van der Waals surface area contributed by atoms with Crippen LogP contribution in [-0.2, 0) is 4.79 Å². The van der Waals surface area contributed by atoms with E-state index in [9.17, 15) is 9.59 Å². The third kappa shape index (κ3) is 3.02. The highest BCUT2D eigenvalue weighted by atomic mass is 79.9. The Morgan fingerprint density at radius 2 is 2.20 bits per heavy atom. The van der Waals surface area contributed by atoms with Crippen LogP contribution in [0.5, 0.6) is 0 Å². The summed E-state index contributed by atoms with van der Waals surface area (Å²) in [6.07, 6.45) is 0. The van der Waals surface area contributed by atoms with Crippen molar-refractivity contribution >= 4 is 27.7 Å². The minimum atomic E-state index is -0.454. The fraction of sp³-hybridized carbons (Fsp3) is 0.429. The Morgan fingerprint density at radius 3 is 2.85 bits per heavy atom. The van der Waals surface area contributed by atoms with Crippen LogP contribution in [0, 0.1) is 6.92 Å². The molecule has 1 unspecified atom stereocenters. The van der Waals surface area contributed by atoms with E-state index in [1.54, 1.807) is 18.0 Å². The monoisotopic (exact) mass is 339 g/mol. The van der Waals surface area contributed by atoms with Gasteiger partial charge in [-0.3, -0.25) is 9.59 Å².